The molecule has 1 unspecified atom stereocenters. The quantitative estimate of drug-likeness (QED) is 0.848. The Bertz CT molecular complexity index is 405. The summed E-state index contributed by atoms with van der Waals surface area (Å²) in [7, 11) is 1.62. The first kappa shape index (κ1) is 12.7. The predicted molar refractivity (Wildman–Crippen MR) is 70.7 cm³/mol. The Morgan fingerprint density at radius 2 is 2.24 bits per heavy atom. The lowest BCUT2D eigenvalue weighted by molar-refractivity contribution is 0.414. The van der Waals surface area contributed by atoms with Gasteiger partial charge in [-0.25, -0.2) is 0 Å². The van der Waals surface area contributed by atoms with Crippen LogP contribution in [0.15, 0.2) is 12.1 Å². The summed E-state index contributed by atoms with van der Waals surface area (Å²) in [6, 6.07) is 4.51. The molecule has 0 amide bonds. The number of benzene rings is 1. The second-order valence-corrected chi connectivity index (χ2v) is 5.04. The van der Waals surface area contributed by atoms with E-state index in [4.69, 9.17) is 22.1 Å². The van der Waals surface area contributed by atoms with E-state index >= 15 is 0 Å². The smallest absolute Gasteiger partial charge is 0.137 e. The second-order valence-electron chi connectivity index (χ2n) is 4.63. The number of hydrogen-bond donors (Lipinski definition) is 2. The molecule has 0 radical (unpaired) electrons. The first-order valence-corrected chi connectivity index (χ1v) is 6.32. The van der Waals surface area contributed by atoms with E-state index in [2.05, 4.69) is 5.32 Å². The van der Waals surface area contributed by atoms with Gasteiger partial charge in [-0.15, -0.1) is 0 Å². The topological polar surface area (TPSA) is 47.3 Å². The monoisotopic (exact) mass is 254 g/mol. The lowest BCUT2D eigenvalue weighted by Crippen LogP contribution is -2.28. The van der Waals surface area contributed by atoms with Gasteiger partial charge in [0, 0.05) is 18.6 Å². The van der Waals surface area contributed by atoms with Crippen molar-refractivity contribution in [2.45, 2.75) is 31.8 Å². The van der Waals surface area contributed by atoms with Crippen LogP contribution in [0.4, 0.5) is 0 Å². The number of hydrogen-bond acceptors (Lipinski definition) is 3. The van der Waals surface area contributed by atoms with Crippen molar-refractivity contribution in [3.05, 3.63) is 28.3 Å². The molecule has 94 valence electrons. The number of halogens is 1. The van der Waals surface area contributed by atoms with Gasteiger partial charge in [0.15, 0.2) is 0 Å². The van der Waals surface area contributed by atoms with E-state index in [0.29, 0.717) is 16.8 Å². The zero-order chi connectivity index (χ0) is 12.4. The van der Waals surface area contributed by atoms with Gasteiger partial charge in [0.05, 0.1) is 12.1 Å². The highest BCUT2D eigenvalue weighted by Gasteiger charge is 2.22. The maximum Gasteiger partial charge on any atom is 0.137 e. The molecule has 0 heterocycles. The summed E-state index contributed by atoms with van der Waals surface area (Å²) < 4.78 is 5.18. The third-order valence-corrected chi connectivity index (χ3v) is 3.44. The van der Waals surface area contributed by atoms with Crippen LogP contribution in [0.2, 0.25) is 5.02 Å². The van der Waals surface area contributed by atoms with Crippen LogP contribution in [0.25, 0.3) is 0 Å². The molecule has 1 saturated carbocycles. The van der Waals surface area contributed by atoms with E-state index in [1.54, 1.807) is 7.11 Å². The van der Waals surface area contributed by atoms with Crippen molar-refractivity contribution in [2.24, 2.45) is 5.73 Å². The van der Waals surface area contributed by atoms with Crippen LogP contribution in [-0.4, -0.2) is 19.7 Å². The molecule has 3 N–H and O–H groups in total. The Hall–Kier alpha value is -0.770. The van der Waals surface area contributed by atoms with Gasteiger partial charge < -0.3 is 15.8 Å². The van der Waals surface area contributed by atoms with E-state index in [9.17, 15) is 0 Å². The van der Waals surface area contributed by atoms with Crippen LogP contribution in [0.5, 0.6) is 5.75 Å². The molecule has 0 spiro atoms. The third kappa shape index (κ3) is 3.12. The van der Waals surface area contributed by atoms with Crippen molar-refractivity contribution in [1.82, 2.24) is 5.32 Å². The van der Waals surface area contributed by atoms with Gasteiger partial charge in [-0.2, -0.15) is 0 Å². The van der Waals surface area contributed by atoms with Crippen LogP contribution >= 0.6 is 11.6 Å². The van der Waals surface area contributed by atoms with Crippen LogP contribution in [0, 0.1) is 6.92 Å². The van der Waals surface area contributed by atoms with Gasteiger partial charge in [0.25, 0.3) is 0 Å². The van der Waals surface area contributed by atoms with Crippen LogP contribution in [0.3, 0.4) is 0 Å². The van der Waals surface area contributed by atoms with E-state index in [1.807, 2.05) is 19.1 Å². The zero-order valence-corrected chi connectivity index (χ0v) is 11.1. The Morgan fingerprint density at radius 1 is 1.53 bits per heavy atom. The first-order valence-electron chi connectivity index (χ1n) is 5.95. The molecule has 2 rings (SSSR count). The molecule has 0 saturated heterocycles. The van der Waals surface area contributed by atoms with Gasteiger partial charge in [-0.05, 0) is 43.0 Å². The number of rotatable bonds is 5. The molecule has 1 aliphatic rings. The average molecular weight is 255 g/mol. The van der Waals surface area contributed by atoms with E-state index in [-0.39, 0.29) is 6.04 Å². The molecule has 4 heteroatoms. The molecule has 0 aromatic heterocycles. The molecule has 1 atom stereocenters. The zero-order valence-electron chi connectivity index (χ0n) is 10.3. The number of methoxy groups -OCH3 is 1. The number of nitrogens with two attached hydrogens (primary N) is 1. The van der Waals surface area contributed by atoms with E-state index in [0.717, 1.165) is 17.7 Å². The minimum Gasteiger partial charge on any atom is -0.495 e. The van der Waals surface area contributed by atoms with Gasteiger partial charge in [-0.1, -0.05) is 11.6 Å². The van der Waals surface area contributed by atoms with Crippen LogP contribution in [0.1, 0.15) is 30.0 Å². The summed E-state index contributed by atoms with van der Waals surface area (Å²) in [5, 5.41) is 4.05. The fraction of sp³-hybridized carbons (Fsp3) is 0.538. The molecule has 1 aromatic rings. The Labute approximate surface area is 107 Å². The molecule has 3 nitrogen and oxygen atoms in total. The average Bonchev–Trinajstić information content (AvgIpc) is 3.12. The van der Waals surface area contributed by atoms with Gasteiger partial charge >= 0.3 is 0 Å². The SMILES string of the molecule is COc1cc(C)c(C(N)CNC2CC2)cc1Cl. The van der Waals surface area contributed by atoms with Crippen molar-refractivity contribution < 1.29 is 4.74 Å². The van der Waals surface area contributed by atoms with Crippen molar-refractivity contribution in [3.8, 4) is 5.75 Å². The maximum absolute atomic E-state index is 6.17. The Kier molecular flexibility index (Phi) is 3.92. The Morgan fingerprint density at radius 3 is 2.82 bits per heavy atom. The molecular weight excluding hydrogens is 236 g/mol. The van der Waals surface area contributed by atoms with Crippen molar-refractivity contribution >= 4 is 11.6 Å². The molecule has 0 aliphatic heterocycles. The minimum atomic E-state index is -0.0148. The van der Waals surface area contributed by atoms with Gasteiger partial charge in [-0.3, -0.25) is 0 Å². The van der Waals surface area contributed by atoms with Crippen molar-refractivity contribution in [1.29, 1.82) is 0 Å². The summed E-state index contributed by atoms with van der Waals surface area (Å²) in [6.07, 6.45) is 2.55. The standard InChI is InChI=1S/C13H19ClN2O/c1-8-5-13(17-2)11(14)6-10(8)12(15)7-16-9-3-4-9/h5-6,9,12,16H,3-4,7,15H2,1-2H3. The highest BCUT2D eigenvalue weighted by atomic mass is 35.5. The molecule has 17 heavy (non-hydrogen) atoms. The molecule has 0 bridgehead atoms. The normalized spacial score (nSPS) is 16.9. The lowest BCUT2D eigenvalue weighted by atomic mass is 10.0. The number of nitrogens with one attached hydrogen (secondary N) is 1. The molecule has 1 aliphatic carbocycles. The largest absolute Gasteiger partial charge is 0.495 e. The first-order chi connectivity index (χ1) is 8.11. The van der Waals surface area contributed by atoms with Crippen molar-refractivity contribution in [2.75, 3.05) is 13.7 Å². The van der Waals surface area contributed by atoms with Crippen LogP contribution in [-0.2, 0) is 0 Å². The highest BCUT2D eigenvalue weighted by molar-refractivity contribution is 6.32. The van der Waals surface area contributed by atoms with E-state index in [1.165, 1.54) is 12.8 Å². The summed E-state index contributed by atoms with van der Waals surface area (Å²) in [6.45, 7) is 2.83. The second kappa shape index (κ2) is 5.25. The summed E-state index contributed by atoms with van der Waals surface area (Å²) >= 11 is 6.12. The van der Waals surface area contributed by atoms with E-state index < -0.39 is 0 Å². The molecule has 1 aromatic carbocycles. The highest BCUT2D eigenvalue weighted by Crippen LogP contribution is 2.30. The number of aryl methyl sites for hydroxylation is 1. The third-order valence-electron chi connectivity index (χ3n) is 3.14. The summed E-state index contributed by atoms with van der Waals surface area (Å²) in [4.78, 5) is 0. The molecular formula is C13H19ClN2O. The summed E-state index contributed by atoms with van der Waals surface area (Å²) in [5.74, 6) is 0.704. The Balaban J connectivity index is 2.09. The van der Waals surface area contributed by atoms with Crippen LogP contribution < -0.4 is 15.8 Å². The fourth-order valence-corrected chi connectivity index (χ4v) is 2.17. The summed E-state index contributed by atoms with van der Waals surface area (Å²) in [5.41, 5.74) is 8.38. The maximum atomic E-state index is 6.17. The number of ether oxygens (including phenoxy) is 1. The van der Waals surface area contributed by atoms with Gasteiger partial charge in [0.2, 0.25) is 0 Å². The predicted octanol–water partition coefficient (Wildman–Crippen LogP) is 2.41. The molecule has 1 fully saturated rings. The lowest BCUT2D eigenvalue weighted by Gasteiger charge is -2.17. The van der Waals surface area contributed by atoms with Gasteiger partial charge in [0.1, 0.15) is 5.75 Å². The van der Waals surface area contributed by atoms with Crippen molar-refractivity contribution in [3.63, 3.8) is 0 Å². The minimum absolute atomic E-state index is 0.0148. The fourth-order valence-electron chi connectivity index (χ4n) is 1.92.